The molecule has 0 aliphatic rings. The van der Waals surface area contributed by atoms with Gasteiger partial charge < -0.3 is 10.1 Å². The summed E-state index contributed by atoms with van der Waals surface area (Å²) in [5.74, 6) is 0.298. The SMILES string of the molecule is COc1cccc(-c2cc(S(=O)(=O)O)ccc2NC(C)=O)c1. The molecule has 0 atom stereocenters. The molecule has 0 aliphatic carbocycles. The number of methoxy groups -OCH3 is 1. The first kappa shape index (κ1) is 16.0. The van der Waals surface area contributed by atoms with E-state index in [-0.39, 0.29) is 10.8 Å². The highest BCUT2D eigenvalue weighted by Crippen LogP contribution is 2.32. The summed E-state index contributed by atoms with van der Waals surface area (Å²) in [6.45, 7) is 1.35. The minimum absolute atomic E-state index is 0.251. The van der Waals surface area contributed by atoms with E-state index in [9.17, 15) is 17.8 Å². The van der Waals surface area contributed by atoms with Crippen molar-refractivity contribution in [2.24, 2.45) is 0 Å². The van der Waals surface area contributed by atoms with Crippen LogP contribution < -0.4 is 10.1 Å². The zero-order valence-corrected chi connectivity index (χ0v) is 12.8. The third-order valence-electron chi connectivity index (χ3n) is 2.98. The molecule has 1 amide bonds. The van der Waals surface area contributed by atoms with Gasteiger partial charge in [0, 0.05) is 18.2 Å². The van der Waals surface area contributed by atoms with E-state index in [1.165, 1.54) is 32.2 Å². The van der Waals surface area contributed by atoms with Crippen LogP contribution in [0.25, 0.3) is 11.1 Å². The monoisotopic (exact) mass is 321 g/mol. The van der Waals surface area contributed by atoms with Crippen molar-refractivity contribution in [2.45, 2.75) is 11.8 Å². The smallest absolute Gasteiger partial charge is 0.294 e. The highest BCUT2D eigenvalue weighted by atomic mass is 32.2. The first-order valence-corrected chi connectivity index (χ1v) is 7.79. The third-order valence-corrected chi connectivity index (χ3v) is 3.83. The third kappa shape index (κ3) is 3.63. The number of benzene rings is 2. The van der Waals surface area contributed by atoms with Crippen molar-refractivity contribution >= 4 is 21.7 Å². The highest BCUT2D eigenvalue weighted by molar-refractivity contribution is 7.85. The molecular formula is C15H15NO5S. The number of hydrogen-bond donors (Lipinski definition) is 2. The van der Waals surface area contributed by atoms with E-state index in [1.807, 2.05) is 0 Å². The van der Waals surface area contributed by atoms with Gasteiger partial charge in [0.2, 0.25) is 5.91 Å². The van der Waals surface area contributed by atoms with Gasteiger partial charge in [0.05, 0.1) is 12.0 Å². The maximum Gasteiger partial charge on any atom is 0.294 e. The van der Waals surface area contributed by atoms with Crippen molar-refractivity contribution in [1.82, 2.24) is 0 Å². The van der Waals surface area contributed by atoms with Crippen molar-refractivity contribution < 1.29 is 22.5 Å². The van der Waals surface area contributed by atoms with Crippen LogP contribution in [0.2, 0.25) is 0 Å². The van der Waals surface area contributed by atoms with Gasteiger partial charge in [-0.2, -0.15) is 8.42 Å². The number of carbonyl (C=O) groups excluding carboxylic acids is 1. The van der Waals surface area contributed by atoms with E-state index < -0.39 is 10.1 Å². The van der Waals surface area contributed by atoms with E-state index in [0.29, 0.717) is 22.6 Å². The molecule has 0 bridgehead atoms. The molecule has 0 saturated heterocycles. The normalized spacial score (nSPS) is 11.0. The number of carbonyl (C=O) groups is 1. The summed E-state index contributed by atoms with van der Waals surface area (Å²) in [5, 5.41) is 2.63. The number of amides is 1. The van der Waals surface area contributed by atoms with E-state index in [2.05, 4.69) is 5.32 Å². The molecule has 7 heteroatoms. The molecule has 22 heavy (non-hydrogen) atoms. The van der Waals surface area contributed by atoms with Crippen LogP contribution in [0.4, 0.5) is 5.69 Å². The number of rotatable bonds is 4. The lowest BCUT2D eigenvalue weighted by Gasteiger charge is -2.12. The Hall–Kier alpha value is -2.38. The molecule has 0 aromatic heterocycles. The van der Waals surface area contributed by atoms with Gasteiger partial charge in [-0.3, -0.25) is 9.35 Å². The second-order valence-corrected chi connectivity index (χ2v) is 6.02. The molecule has 0 aliphatic heterocycles. The summed E-state index contributed by atoms with van der Waals surface area (Å²) in [7, 11) is -2.82. The number of nitrogens with one attached hydrogen (secondary N) is 1. The summed E-state index contributed by atoms with van der Waals surface area (Å²) in [6, 6.07) is 10.9. The molecule has 116 valence electrons. The molecule has 2 N–H and O–H groups in total. The van der Waals surface area contributed by atoms with Gasteiger partial charge in [0.15, 0.2) is 0 Å². The Morgan fingerprint density at radius 2 is 1.91 bits per heavy atom. The lowest BCUT2D eigenvalue weighted by molar-refractivity contribution is -0.114. The van der Waals surface area contributed by atoms with Gasteiger partial charge in [-0.1, -0.05) is 12.1 Å². The van der Waals surface area contributed by atoms with Gasteiger partial charge in [0.25, 0.3) is 10.1 Å². The van der Waals surface area contributed by atoms with Crippen LogP contribution in [0.15, 0.2) is 47.4 Å². The fraction of sp³-hybridized carbons (Fsp3) is 0.133. The molecule has 0 unspecified atom stereocenters. The van der Waals surface area contributed by atoms with E-state index in [0.717, 1.165) is 0 Å². The maximum atomic E-state index is 11.3. The molecule has 2 aromatic rings. The van der Waals surface area contributed by atoms with Crippen molar-refractivity contribution in [1.29, 1.82) is 0 Å². The molecule has 0 fully saturated rings. The Balaban J connectivity index is 2.65. The summed E-state index contributed by atoms with van der Waals surface area (Å²) < 4.78 is 37.0. The topological polar surface area (TPSA) is 92.7 Å². The zero-order valence-electron chi connectivity index (χ0n) is 12.0. The molecule has 2 aromatic carbocycles. The van der Waals surface area contributed by atoms with Crippen LogP contribution in [0.5, 0.6) is 5.75 Å². The molecule has 0 radical (unpaired) electrons. The van der Waals surface area contributed by atoms with E-state index in [1.54, 1.807) is 24.3 Å². The van der Waals surface area contributed by atoms with Crippen molar-refractivity contribution in [3.8, 4) is 16.9 Å². The van der Waals surface area contributed by atoms with E-state index >= 15 is 0 Å². The summed E-state index contributed by atoms with van der Waals surface area (Å²) in [5.41, 5.74) is 1.55. The zero-order chi connectivity index (χ0) is 16.3. The number of hydrogen-bond acceptors (Lipinski definition) is 4. The van der Waals surface area contributed by atoms with Crippen molar-refractivity contribution in [2.75, 3.05) is 12.4 Å². The molecule has 2 rings (SSSR count). The maximum absolute atomic E-state index is 11.3. The Morgan fingerprint density at radius 1 is 1.18 bits per heavy atom. The molecule has 0 heterocycles. The average molecular weight is 321 g/mol. The van der Waals surface area contributed by atoms with Gasteiger partial charge in [0.1, 0.15) is 5.75 Å². The largest absolute Gasteiger partial charge is 0.497 e. The van der Waals surface area contributed by atoms with E-state index in [4.69, 9.17) is 4.74 Å². The highest BCUT2D eigenvalue weighted by Gasteiger charge is 2.15. The van der Waals surface area contributed by atoms with Gasteiger partial charge >= 0.3 is 0 Å². The Morgan fingerprint density at radius 3 is 2.50 bits per heavy atom. The first-order chi connectivity index (χ1) is 10.3. The standard InChI is InChI=1S/C15H15NO5S/c1-10(17)16-15-7-6-13(22(18,19)20)9-14(15)11-4-3-5-12(8-11)21-2/h3-9H,1-2H3,(H,16,17)(H,18,19,20). The summed E-state index contributed by atoms with van der Waals surface area (Å²) in [6.07, 6.45) is 0. The minimum Gasteiger partial charge on any atom is -0.497 e. The Bertz CT molecular complexity index is 814. The second kappa shape index (κ2) is 6.17. The Kier molecular flexibility index (Phi) is 4.48. The van der Waals surface area contributed by atoms with Crippen molar-refractivity contribution in [3.05, 3.63) is 42.5 Å². The van der Waals surface area contributed by atoms with Gasteiger partial charge in [-0.25, -0.2) is 0 Å². The number of ether oxygens (including phenoxy) is 1. The molecular weight excluding hydrogens is 306 g/mol. The fourth-order valence-corrected chi connectivity index (χ4v) is 2.52. The van der Waals surface area contributed by atoms with Crippen LogP contribution in [0.3, 0.4) is 0 Å². The van der Waals surface area contributed by atoms with Crippen LogP contribution in [-0.2, 0) is 14.9 Å². The van der Waals surface area contributed by atoms with Gasteiger partial charge in [-0.05, 0) is 35.9 Å². The summed E-state index contributed by atoms with van der Waals surface area (Å²) in [4.78, 5) is 11.0. The lowest BCUT2D eigenvalue weighted by atomic mass is 10.0. The van der Waals surface area contributed by atoms with Crippen molar-refractivity contribution in [3.63, 3.8) is 0 Å². The van der Waals surface area contributed by atoms with Gasteiger partial charge in [-0.15, -0.1) is 0 Å². The predicted molar refractivity (Wildman–Crippen MR) is 82.5 cm³/mol. The molecule has 6 nitrogen and oxygen atoms in total. The van der Waals surface area contributed by atoms with Crippen LogP contribution in [0.1, 0.15) is 6.92 Å². The molecule has 0 saturated carbocycles. The predicted octanol–water partition coefficient (Wildman–Crippen LogP) is 2.57. The van der Waals surface area contributed by atoms with Crippen LogP contribution in [0, 0.1) is 0 Å². The fourth-order valence-electron chi connectivity index (χ4n) is 2.01. The summed E-state index contributed by atoms with van der Waals surface area (Å²) >= 11 is 0. The van der Waals surface area contributed by atoms with Crippen LogP contribution in [-0.4, -0.2) is 26.0 Å². The minimum atomic E-state index is -4.34. The molecule has 0 spiro atoms. The quantitative estimate of drug-likeness (QED) is 0.844. The Labute approximate surface area is 128 Å². The first-order valence-electron chi connectivity index (χ1n) is 6.35. The average Bonchev–Trinajstić information content (AvgIpc) is 2.46. The lowest BCUT2D eigenvalue weighted by Crippen LogP contribution is -2.08. The number of anilines is 1. The van der Waals surface area contributed by atoms with Crippen LogP contribution >= 0.6 is 0 Å². The second-order valence-electron chi connectivity index (χ2n) is 4.60.